The van der Waals surface area contributed by atoms with Gasteiger partial charge in [-0.25, -0.2) is 0 Å². The Kier molecular flexibility index (Phi) is 5.05. The molecule has 2 heterocycles. The lowest BCUT2D eigenvalue weighted by atomic mass is 10.1. The first kappa shape index (κ1) is 15.4. The second-order valence-corrected chi connectivity index (χ2v) is 5.99. The standard InChI is InChI=1S/C17H26N2O3/c1-3-20-15-12-17-16(21-13-22-17)11-14(15)5-4-6-19-9-7-18(2)8-10-19/h11-12H,3-10,13H2,1-2H3. The molecule has 0 amide bonds. The molecule has 0 aromatic heterocycles. The lowest BCUT2D eigenvalue weighted by Gasteiger charge is -2.32. The molecule has 1 saturated heterocycles. The van der Waals surface area contributed by atoms with Gasteiger partial charge in [-0.2, -0.15) is 0 Å². The minimum atomic E-state index is 0.311. The fourth-order valence-corrected chi connectivity index (χ4v) is 3.02. The second kappa shape index (κ2) is 7.20. The van der Waals surface area contributed by atoms with Gasteiger partial charge < -0.3 is 24.0 Å². The summed E-state index contributed by atoms with van der Waals surface area (Å²) in [4.78, 5) is 4.94. The van der Waals surface area contributed by atoms with Gasteiger partial charge in [0.2, 0.25) is 6.79 Å². The van der Waals surface area contributed by atoms with E-state index in [2.05, 4.69) is 22.9 Å². The van der Waals surface area contributed by atoms with E-state index in [1.807, 2.05) is 13.0 Å². The van der Waals surface area contributed by atoms with E-state index in [-0.39, 0.29) is 0 Å². The Labute approximate surface area is 132 Å². The van der Waals surface area contributed by atoms with Gasteiger partial charge in [-0.3, -0.25) is 0 Å². The van der Waals surface area contributed by atoms with Gasteiger partial charge in [-0.1, -0.05) is 0 Å². The summed E-state index contributed by atoms with van der Waals surface area (Å²) in [5.41, 5.74) is 1.22. The van der Waals surface area contributed by atoms with Crippen molar-refractivity contribution in [2.24, 2.45) is 0 Å². The lowest BCUT2D eigenvalue weighted by Crippen LogP contribution is -2.44. The number of benzene rings is 1. The fraction of sp³-hybridized carbons (Fsp3) is 0.647. The molecule has 5 heteroatoms. The van der Waals surface area contributed by atoms with Gasteiger partial charge in [0, 0.05) is 32.2 Å². The Morgan fingerprint density at radius 2 is 1.82 bits per heavy atom. The Hall–Kier alpha value is -1.46. The highest BCUT2D eigenvalue weighted by Gasteiger charge is 2.18. The van der Waals surface area contributed by atoms with E-state index in [9.17, 15) is 0 Å². The molecule has 0 bridgehead atoms. The molecule has 1 aromatic carbocycles. The van der Waals surface area contributed by atoms with E-state index < -0.39 is 0 Å². The third kappa shape index (κ3) is 3.65. The molecule has 0 N–H and O–H groups in total. The van der Waals surface area contributed by atoms with Crippen LogP contribution in [-0.4, -0.2) is 63.0 Å². The van der Waals surface area contributed by atoms with E-state index in [1.165, 1.54) is 31.7 Å². The van der Waals surface area contributed by atoms with Gasteiger partial charge >= 0.3 is 0 Å². The molecule has 1 aromatic rings. The normalized spacial score (nSPS) is 18.6. The number of likely N-dealkylation sites (N-methyl/N-ethyl adjacent to an activating group) is 1. The van der Waals surface area contributed by atoms with Crippen LogP contribution in [0.15, 0.2) is 12.1 Å². The number of nitrogens with zero attached hydrogens (tertiary/aromatic N) is 2. The van der Waals surface area contributed by atoms with Crippen LogP contribution in [0.4, 0.5) is 0 Å². The van der Waals surface area contributed by atoms with Crippen molar-refractivity contribution >= 4 is 0 Å². The molecule has 0 atom stereocenters. The van der Waals surface area contributed by atoms with E-state index in [4.69, 9.17) is 14.2 Å². The first-order valence-electron chi connectivity index (χ1n) is 8.22. The maximum Gasteiger partial charge on any atom is 0.231 e. The summed E-state index contributed by atoms with van der Waals surface area (Å²) in [5.74, 6) is 2.58. The Morgan fingerprint density at radius 1 is 1.09 bits per heavy atom. The molecule has 2 aliphatic rings. The Morgan fingerprint density at radius 3 is 2.55 bits per heavy atom. The monoisotopic (exact) mass is 306 g/mol. The maximum absolute atomic E-state index is 5.76. The van der Waals surface area contributed by atoms with E-state index >= 15 is 0 Å². The third-order valence-electron chi connectivity index (χ3n) is 4.37. The Bertz CT molecular complexity index is 499. The summed E-state index contributed by atoms with van der Waals surface area (Å²) in [7, 11) is 2.19. The zero-order valence-electron chi connectivity index (χ0n) is 13.6. The maximum atomic E-state index is 5.76. The zero-order valence-corrected chi connectivity index (χ0v) is 13.6. The number of fused-ring (bicyclic) bond motifs is 1. The fourth-order valence-electron chi connectivity index (χ4n) is 3.02. The summed E-state index contributed by atoms with van der Waals surface area (Å²) in [6, 6.07) is 4.05. The molecule has 0 saturated carbocycles. The average molecular weight is 306 g/mol. The minimum absolute atomic E-state index is 0.311. The highest BCUT2D eigenvalue weighted by Crippen LogP contribution is 2.38. The van der Waals surface area contributed by atoms with Crippen LogP contribution in [0.5, 0.6) is 17.2 Å². The van der Waals surface area contributed by atoms with Crippen LogP contribution >= 0.6 is 0 Å². The van der Waals surface area contributed by atoms with Crippen molar-refractivity contribution in [1.29, 1.82) is 0 Å². The molecule has 2 aliphatic heterocycles. The Balaban J connectivity index is 1.57. The number of hydrogen-bond donors (Lipinski definition) is 0. The van der Waals surface area contributed by atoms with Gasteiger partial charge in [0.1, 0.15) is 5.75 Å². The highest BCUT2D eigenvalue weighted by molar-refractivity contribution is 5.51. The van der Waals surface area contributed by atoms with E-state index in [1.54, 1.807) is 0 Å². The average Bonchev–Trinajstić information content (AvgIpc) is 2.97. The molecule has 22 heavy (non-hydrogen) atoms. The first-order chi connectivity index (χ1) is 10.8. The molecule has 0 radical (unpaired) electrons. The number of rotatable bonds is 6. The van der Waals surface area contributed by atoms with Crippen LogP contribution < -0.4 is 14.2 Å². The summed E-state index contributed by atoms with van der Waals surface area (Å²) in [6.45, 7) is 8.84. The molecule has 5 nitrogen and oxygen atoms in total. The van der Waals surface area contributed by atoms with Gasteiger partial charge in [-0.05, 0) is 45.0 Å². The summed E-state index contributed by atoms with van der Waals surface area (Å²) in [5, 5.41) is 0. The van der Waals surface area contributed by atoms with Crippen LogP contribution in [0.25, 0.3) is 0 Å². The van der Waals surface area contributed by atoms with Crippen molar-refractivity contribution in [2.75, 3.05) is 53.2 Å². The summed E-state index contributed by atoms with van der Waals surface area (Å²) >= 11 is 0. The second-order valence-electron chi connectivity index (χ2n) is 5.99. The molecule has 3 rings (SSSR count). The topological polar surface area (TPSA) is 34.2 Å². The number of aryl methyl sites for hydroxylation is 1. The van der Waals surface area contributed by atoms with Crippen molar-refractivity contribution in [3.63, 3.8) is 0 Å². The minimum Gasteiger partial charge on any atom is -0.493 e. The number of piperazine rings is 1. The summed E-state index contributed by atoms with van der Waals surface area (Å²) < 4.78 is 16.7. The molecular formula is C17H26N2O3. The van der Waals surface area contributed by atoms with Gasteiger partial charge in [-0.15, -0.1) is 0 Å². The smallest absolute Gasteiger partial charge is 0.231 e. The molecule has 1 fully saturated rings. The van der Waals surface area contributed by atoms with Crippen LogP contribution in [0.2, 0.25) is 0 Å². The van der Waals surface area contributed by atoms with E-state index in [0.29, 0.717) is 13.4 Å². The third-order valence-corrected chi connectivity index (χ3v) is 4.37. The van der Waals surface area contributed by atoms with Gasteiger partial charge in [0.25, 0.3) is 0 Å². The van der Waals surface area contributed by atoms with Gasteiger partial charge in [0.15, 0.2) is 11.5 Å². The van der Waals surface area contributed by atoms with Crippen LogP contribution in [0.1, 0.15) is 18.9 Å². The van der Waals surface area contributed by atoms with E-state index in [0.717, 1.165) is 36.6 Å². The van der Waals surface area contributed by atoms with Crippen molar-refractivity contribution in [1.82, 2.24) is 9.80 Å². The highest BCUT2D eigenvalue weighted by atomic mass is 16.7. The van der Waals surface area contributed by atoms with Crippen LogP contribution in [-0.2, 0) is 6.42 Å². The first-order valence-corrected chi connectivity index (χ1v) is 8.22. The molecule has 0 unspecified atom stereocenters. The number of ether oxygens (including phenoxy) is 3. The molecule has 0 spiro atoms. The summed E-state index contributed by atoms with van der Waals surface area (Å²) in [6.07, 6.45) is 2.15. The SMILES string of the molecule is CCOc1cc2c(cc1CCCN1CCN(C)CC1)OCO2. The molecular weight excluding hydrogens is 280 g/mol. The van der Waals surface area contributed by atoms with Crippen molar-refractivity contribution in [3.05, 3.63) is 17.7 Å². The molecule has 0 aliphatic carbocycles. The van der Waals surface area contributed by atoms with Crippen LogP contribution in [0.3, 0.4) is 0 Å². The van der Waals surface area contributed by atoms with Gasteiger partial charge in [0.05, 0.1) is 6.61 Å². The van der Waals surface area contributed by atoms with Crippen molar-refractivity contribution < 1.29 is 14.2 Å². The lowest BCUT2D eigenvalue weighted by molar-refractivity contribution is 0.153. The largest absolute Gasteiger partial charge is 0.493 e. The molecule has 122 valence electrons. The predicted octanol–water partition coefficient (Wildman–Crippen LogP) is 1.99. The van der Waals surface area contributed by atoms with Crippen LogP contribution in [0, 0.1) is 0 Å². The van der Waals surface area contributed by atoms with Crippen molar-refractivity contribution in [3.8, 4) is 17.2 Å². The quantitative estimate of drug-likeness (QED) is 0.803. The predicted molar refractivity (Wildman–Crippen MR) is 86.0 cm³/mol. The number of hydrogen-bond acceptors (Lipinski definition) is 5. The van der Waals surface area contributed by atoms with Crippen molar-refractivity contribution in [2.45, 2.75) is 19.8 Å². The zero-order chi connectivity index (χ0) is 15.4.